The minimum Gasteiger partial charge on any atom is -0.487 e. The Hall–Kier alpha value is -1.51. The fourth-order valence-corrected chi connectivity index (χ4v) is 2.31. The van der Waals surface area contributed by atoms with E-state index >= 15 is 0 Å². The molecule has 0 unspecified atom stereocenters. The van der Waals surface area contributed by atoms with Crippen molar-refractivity contribution in [2.75, 3.05) is 0 Å². The van der Waals surface area contributed by atoms with E-state index in [0.29, 0.717) is 6.42 Å². The van der Waals surface area contributed by atoms with Crippen LogP contribution < -0.4 is 4.74 Å². The first-order chi connectivity index (χ1) is 7.98. The van der Waals surface area contributed by atoms with E-state index in [9.17, 15) is 4.79 Å². The molecule has 1 aromatic carbocycles. The summed E-state index contributed by atoms with van der Waals surface area (Å²) in [6, 6.07) is 6.15. The van der Waals surface area contributed by atoms with Crippen LogP contribution in [-0.4, -0.2) is 16.7 Å². The van der Waals surface area contributed by atoms with Crippen molar-refractivity contribution in [3.63, 3.8) is 0 Å². The van der Waals surface area contributed by atoms with Gasteiger partial charge >= 0.3 is 5.97 Å². The van der Waals surface area contributed by atoms with Crippen molar-refractivity contribution in [2.24, 2.45) is 0 Å². The van der Waals surface area contributed by atoms with Crippen molar-refractivity contribution >= 4 is 5.97 Å². The zero-order chi connectivity index (χ0) is 12.5. The maximum atomic E-state index is 10.5. The van der Waals surface area contributed by atoms with Crippen LogP contribution in [0, 0.1) is 0 Å². The topological polar surface area (TPSA) is 46.5 Å². The van der Waals surface area contributed by atoms with Gasteiger partial charge in [0.2, 0.25) is 0 Å². The Balaban J connectivity index is 2.10. The van der Waals surface area contributed by atoms with E-state index in [0.717, 1.165) is 24.2 Å². The van der Waals surface area contributed by atoms with Crippen LogP contribution in [0.5, 0.6) is 5.75 Å². The van der Waals surface area contributed by atoms with Gasteiger partial charge in [-0.2, -0.15) is 0 Å². The average molecular weight is 234 g/mol. The van der Waals surface area contributed by atoms with Crippen LogP contribution in [0.2, 0.25) is 0 Å². The SMILES string of the molecule is CC1(C)Cc2cccc(CCCC(=O)O)c2O1. The molecule has 17 heavy (non-hydrogen) atoms. The number of aliphatic carboxylic acids is 1. The predicted octanol–water partition coefficient (Wildman–Crippen LogP) is 2.81. The highest BCUT2D eigenvalue weighted by atomic mass is 16.5. The number of hydrogen-bond acceptors (Lipinski definition) is 2. The Bertz CT molecular complexity index is 435. The van der Waals surface area contributed by atoms with Crippen LogP contribution in [0.15, 0.2) is 18.2 Å². The molecule has 0 aliphatic carbocycles. The molecule has 3 heteroatoms. The first kappa shape index (κ1) is 12.0. The van der Waals surface area contributed by atoms with Crippen molar-refractivity contribution in [1.82, 2.24) is 0 Å². The molecule has 0 bridgehead atoms. The first-order valence-electron chi connectivity index (χ1n) is 5.99. The summed E-state index contributed by atoms with van der Waals surface area (Å²) >= 11 is 0. The standard InChI is InChI=1S/C14H18O3/c1-14(2)9-11-7-3-5-10(13(11)17-14)6-4-8-12(15)16/h3,5,7H,4,6,8-9H2,1-2H3,(H,15,16). The van der Waals surface area contributed by atoms with Gasteiger partial charge in [0.25, 0.3) is 0 Å². The lowest BCUT2D eigenvalue weighted by Crippen LogP contribution is -2.24. The summed E-state index contributed by atoms with van der Waals surface area (Å²) in [4.78, 5) is 10.5. The van der Waals surface area contributed by atoms with Crippen LogP contribution in [0.1, 0.15) is 37.8 Å². The number of aryl methyl sites for hydroxylation is 1. The third-order valence-electron chi connectivity index (χ3n) is 3.01. The highest BCUT2D eigenvalue weighted by molar-refractivity contribution is 5.66. The van der Waals surface area contributed by atoms with Crippen molar-refractivity contribution < 1.29 is 14.6 Å². The monoisotopic (exact) mass is 234 g/mol. The van der Waals surface area contributed by atoms with Gasteiger partial charge in [-0.05, 0) is 37.8 Å². The molecule has 1 aliphatic heterocycles. The number of carboxylic acids is 1. The molecular weight excluding hydrogens is 216 g/mol. The summed E-state index contributed by atoms with van der Waals surface area (Å²) in [5, 5.41) is 8.64. The van der Waals surface area contributed by atoms with Crippen LogP contribution in [0.25, 0.3) is 0 Å². The normalized spacial score (nSPS) is 16.4. The smallest absolute Gasteiger partial charge is 0.303 e. The fraction of sp³-hybridized carbons (Fsp3) is 0.500. The van der Waals surface area contributed by atoms with Crippen LogP contribution in [0.3, 0.4) is 0 Å². The second-order valence-electron chi connectivity index (χ2n) is 5.19. The summed E-state index contributed by atoms with van der Waals surface area (Å²) in [7, 11) is 0. The number of carboxylic acid groups (broad SMARTS) is 1. The lowest BCUT2D eigenvalue weighted by molar-refractivity contribution is -0.137. The van der Waals surface area contributed by atoms with E-state index in [2.05, 4.69) is 19.9 Å². The maximum absolute atomic E-state index is 10.5. The molecule has 1 aromatic rings. The summed E-state index contributed by atoms with van der Waals surface area (Å²) in [6.07, 6.45) is 2.57. The number of fused-ring (bicyclic) bond motifs is 1. The van der Waals surface area contributed by atoms with Crippen LogP contribution >= 0.6 is 0 Å². The largest absolute Gasteiger partial charge is 0.487 e. The molecule has 1 heterocycles. The zero-order valence-corrected chi connectivity index (χ0v) is 10.3. The molecule has 1 N–H and O–H groups in total. The molecule has 0 aromatic heterocycles. The number of rotatable bonds is 4. The van der Waals surface area contributed by atoms with E-state index < -0.39 is 5.97 Å². The van der Waals surface area contributed by atoms with Gasteiger partial charge in [0.1, 0.15) is 11.4 Å². The van der Waals surface area contributed by atoms with Gasteiger partial charge < -0.3 is 9.84 Å². The second kappa shape index (κ2) is 4.40. The highest BCUT2D eigenvalue weighted by Gasteiger charge is 2.31. The Morgan fingerprint density at radius 2 is 2.24 bits per heavy atom. The Kier molecular flexibility index (Phi) is 3.09. The minimum absolute atomic E-state index is 0.134. The predicted molar refractivity (Wildman–Crippen MR) is 65.4 cm³/mol. The quantitative estimate of drug-likeness (QED) is 0.871. The average Bonchev–Trinajstić information content (AvgIpc) is 2.52. The van der Waals surface area contributed by atoms with Gasteiger partial charge in [-0.15, -0.1) is 0 Å². The third kappa shape index (κ3) is 2.78. The number of para-hydroxylation sites is 1. The molecule has 1 aliphatic rings. The summed E-state index contributed by atoms with van der Waals surface area (Å²) in [5.74, 6) is 0.238. The molecule has 3 nitrogen and oxygen atoms in total. The van der Waals surface area contributed by atoms with Crippen molar-refractivity contribution in [2.45, 2.75) is 45.1 Å². The molecule has 0 fully saturated rings. The fourth-order valence-electron chi connectivity index (χ4n) is 2.31. The van der Waals surface area contributed by atoms with Crippen LogP contribution in [0.4, 0.5) is 0 Å². The van der Waals surface area contributed by atoms with Gasteiger partial charge in [-0.25, -0.2) is 0 Å². The van der Waals surface area contributed by atoms with Crippen molar-refractivity contribution in [3.8, 4) is 5.75 Å². The minimum atomic E-state index is -0.737. The van der Waals surface area contributed by atoms with E-state index in [4.69, 9.17) is 9.84 Å². The Labute approximate surface area is 101 Å². The van der Waals surface area contributed by atoms with Crippen LogP contribution in [-0.2, 0) is 17.6 Å². The summed E-state index contributed by atoms with van der Waals surface area (Å²) in [5.41, 5.74) is 2.24. The molecule has 0 saturated carbocycles. The molecule has 0 amide bonds. The third-order valence-corrected chi connectivity index (χ3v) is 3.01. The molecule has 2 rings (SSSR count). The molecule has 0 radical (unpaired) electrons. The number of carbonyl (C=O) groups is 1. The number of ether oxygens (including phenoxy) is 1. The van der Waals surface area contributed by atoms with Gasteiger partial charge in [-0.3, -0.25) is 4.79 Å². The molecule has 0 spiro atoms. The van der Waals surface area contributed by atoms with E-state index in [-0.39, 0.29) is 12.0 Å². The Morgan fingerprint density at radius 1 is 1.47 bits per heavy atom. The highest BCUT2D eigenvalue weighted by Crippen LogP contribution is 2.37. The lowest BCUT2D eigenvalue weighted by Gasteiger charge is -2.18. The van der Waals surface area contributed by atoms with Crippen molar-refractivity contribution in [3.05, 3.63) is 29.3 Å². The molecule has 92 valence electrons. The van der Waals surface area contributed by atoms with Crippen molar-refractivity contribution in [1.29, 1.82) is 0 Å². The van der Waals surface area contributed by atoms with Gasteiger partial charge in [0.15, 0.2) is 0 Å². The molecular formula is C14H18O3. The zero-order valence-electron chi connectivity index (χ0n) is 10.3. The number of benzene rings is 1. The van der Waals surface area contributed by atoms with E-state index in [1.807, 2.05) is 12.1 Å². The number of hydrogen-bond donors (Lipinski definition) is 1. The Morgan fingerprint density at radius 3 is 2.94 bits per heavy atom. The maximum Gasteiger partial charge on any atom is 0.303 e. The summed E-state index contributed by atoms with van der Waals surface area (Å²) in [6.45, 7) is 4.15. The molecule has 0 atom stereocenters. The van der Waals surface area contributed by atoms with Gasteiger partial charge in [-0.1, -0.05) is 18.2 Å². The van der Waals surface area contributed by atoms with Gasteiger partial charge in [0, 0.05) is 12.8 Å². The lowest BCUT2D eigenvalue weighted by atomic mass is 9.99. The molecule has 0 saturated heterocycles. The van der Waals surface area contributed by atoms with E-state index in [1.165, 1.54) is 5.56 Å². The first-order valence-corrected chi connectivity index (χ1v) is 5.99. The second-order valence-corrected chi connectivity index (χ2v) is 5.19. The van der Waals surface area contributed by atoms with E-state index in [1.54, 1.807) is 0 Å². The van der Waals surface area contributed by atoms with Gasteiger partial charge in [0.05, 0.1) is 0 Å². The summed E-state index contributed by atoms with van der Waals surface area (Å²) < 4.78 is 5.94.